The Balaban J connectivity index is 1.62. The molecule has 0 aliphatic heterocycles. The molecule has 1 saturated carbocycles. The third-order valence-electron chi connectivity index (χ3n) is 4.03. The molecule has 1 aliphatic rings. The lowest BCUT2D eigenvalue weighted by molar-refractivity contribution is 0.329. The quantitative estimate of drug-likeness (QED) is 0.492. The molecule has 0 bridgehead atoms. The second-order valence-corrected chi connectivity index (χ2v) is 5.75. The lowest BCUT2D eigenvalue weighted by Gasteiger charge is -2.28. The van der Waals surface area contributed by atoms with Crippen molar-refractivity contribution in [3.63, 3.8) is 0 Å². The highest BCUT2D eigenvalue weighted by molar-refractivity contribution is 5.79. The van der Waals surface area contributed by atoms with Gasteiger partial charge >= 0.3 is 0 Å². The predicted octanol–water partition coefficient (Wildman–Crippen LogP) is 2.02. The smallest absolute Gasteiger partial charge is 0.191 e. The fraction of sp³-hybridized carbons (Fsp3) is 0.733. The molecule has 0 unspecified atom stereocenters. The topological polar surface area (TPSA) is 54.2 Å². The molecular weight excluding hydrogens is 250 g/mol. The molecule has 2 rings (SSSR count). The molecular formula is C15H27N5. The normalized spacial score (nSPS) is 23.6. The van der Waals surface area contributed by atoms with Crippen LogP contribution in [-0.2, 0) is 6.54 Å². The van der Waals surface area contributed by atoms with E-state index in [1.165, 1.54) is 25.7 Å². The Morgan fingerprint density at radius 3 is 2.80 bits per heavy atom. The van der Waals surface area contributed by atoms with Crippen molar-refractivity contribution in [2.45, 2.75) is 51.6 Å². The van der Waals surface area contributed by atoms with Crippen LogP contribution in [0.1, 0.15) is 39.0 Å². The molecule has 0 spiro atoms. The SMILES string of the molecule is CN=C(NCCCn1ccnc1)NC1CCC(C)CC1. The minimum absolute atomic E-state index is 0.589. The van der Waals surface area contributed by atoms with E-state index in [4.69, 9.17) is 0 Å². The molecule has 1 aromatic rings. The minimum Gasteiger partial charge on any atom is -0.356 e. The third kappa shape index (κ3) is 4.87. The Bertz CT molecular complexity index is 390. The number of aliphatic imine (C=N–C) groups is 1. The number of hydrogen-bond acceptors (Lipinski definition) is 2. The molecule has 1 fully saturated rings. The fourth-order valence-corrected chi connectivity index (χ4v) is 2.68. The van der Waals surface area contributed by atoms with Gasteiger partial charge in [-0.2, -0.15) is 0 Å². The van der Waals surface area contributed by atoms with E-state index < -0.39 is 0 Å². The van der Waals surface area contributed by atoms with E-state index in [2.05, 4.69) is 32.1 Å². The summed E-state index contributed by atoms with van der Waals surface area (Å²) < 4.78 is 2.10. The number of imidazole rings is 1. The third-order valence-corrected chi connectivity index (χ3v) is 4.03. The second kappa shape index (κ2) is 7.92. The lowest BCUT2D eigenvalue weighted by Crippen LogP contribution is -2.45. The van der Waals surface area contributed by atoms with Crippen LogP contribution < -0.4 is 10.6 Å². The summed E-state index contributed by atoms with van der Waals surface area (Å²) in [5.41, 5.74) is 0. The van der Waals surface area contributed by atoms with Crippen molar-refractivity contribution < 1.29 is 0 Å². The van der Waals surface area contributed by atoms with Crippen molar-refractivity contribution in [3.05, 3.63) is 18.7 Å². The minimum atomic E-state index is 0.589. The van der Waals surface area contributed by atoms with E-state index in [0.717, 1.165) is 31.4 Å². The number of guanidine groups is 1. The van der Waals surface area contributed by atoms with Gasteiger partial charge in [-0.15, -0.1) is 0 Å². The largest absolute Gasteiger partial charge is 0.356 e. The molecule has 0 saturated heterocycles. The van der Waals surface area contributed by atoms with Gasteiger partial charge in [0.2, 0.25) is 0 Å². The van der Waals surface area contributed by atoms with Crippen molar-refractivity contribution in [2.75, 3.05) is 13.6 Å². The second-order valence-electron chi connectivity index (χ2n) is 5.75. The van der Waals surface area contributed by atoms with Crippen LogP contribution in [0.15, 0.2) is 23.7 Å². The van der Waals surface area contributed by atoms with Gasteiger partial charge in [0.25, 0.3) is 0 Å². The molecule has 5 nitrogen and oxygen atoms in total. The zero-order chi connectivity index (χ0) is 14.2. The average molecular weight is 277 g/mol. The van der Waals surface area contributed by atoms with Crippen LogP contribution in [0.5, 0.6) is 0 Å². The maximum absolute atomic E-state index is 4.31. The Hall–Kier alpha value is -1.52. The van der Waals surface area contributed by atoms with Crippen LogP contribution >= 0.6 is 0 Å². The summed E-state index contributed by atoms with van der Waals surface area (Å²) in [6.07, 6.45) is 11.9. The maximum Gasteiger partial charge on any atom is 0.191 e. The van der Waals surface area contributed by atoms with Crippen LogP contribution in [0.25, 0.3) is 0 Å². The average Bonchev–Trinajstić information content (AvgIpc) is 2.97. The summed E-state index contributed by atoms with van der Waals surface area (Å²) in [6, 6.07) is 0.589. The number of aromatic nitrogens is 2. The molecule has 0 aromatic carbocycles. The summed E-state index contributed by atoms with van der Waals surface area (Å²) in [6.45, 7) is 4.27. The lowest BCUT2D eigenvalue weighted by atomic mass is 9.87. The van der Waals surface area contributed by atoms with Gasteiger partial charge in [-0.05, 0) is 38.0 Å². The van der Waals surface area contributed by atoms with E-state index in [-0.39, 0.29) is 0 Å². The van der Waals surface area contributed by atoms with E-state index in [1.54, 1.807) is 0 Å². The first kappa shape index (κ1) is 14.9. The number of nitrogens with zero attached hydrogens (tertiary/aromatic N) is 3. The summed E-state index contributed by atoms with van der Waals surface area (Å²) in [5, 5.41) is 6.94. The molecule has 20 heavy (non-hydrogen) atoms. The van der Waals surface area contributed by atoms with Gasteiger partial charge < -0.3 is 15.2 Å². The standard InChI is InChI=1S/C15H27N5/c1-13-4-6-14(7-5-13)19-15(16-2)18-8-3-10-20-11-9-17-12-20/h9,11-14H,3-8,10H2,1-2H3,(H2,16,18,19). The zero-order valence-electron chi connectivity index (χ0n) is 12.7. The predicted molar refractivity (Wildman–Crippen MR) is 82.8 cm³/mol. The molecule has 5 heteroatoms. The molecule has 0 radical (unpaired) electrons. The van der Waals surface area contributed by atoms with E-state index >= 15 is 0 Å². The Kier molecular flexibility index (Phi) is 5.89. The highest BCUT2D eigenvalue weighted by atomic mass is 15.2. The molecule has 0 atom stereocenters. The highest BCUT2D eigenvalue weighted by Gasteiger charge is 2.18. The summed E-state index contributed by atoms with van der Waals surface area (Å²) >= 11 is 0. The molecule has 112 valence electrons. The van der Waals surface area contributed by atoms with Crippen LogP contribution in [0.4, 0.5) is 0 Å². The number of rotatable bonds is 5. The van der Waals surface area contributed by atoms with Gasteiger partial charge in [-0.25, -0.2) is 4.98 Å². The Morgan fingerprint density at radius 1 is 1.35 bits per heavy atom. The molecule has 1 aromatic heterocycles. The van der Waals surface area contributed by atoms with Gasteiger partial charge in [-0.3, -0.25) is 4.99 Å². The molecule has 1 heterocycles. The van der Waals surface area contributed by atoms with Gasteiger partial charge in [-0.1, -0.05) is 6.92 Å². The van der Waals surface area contributed by atoms with E-state index in [1.807, 2.05) is 25.8 Å². The van der Waals surface area contributed by atoms with Gasteiger partial charge in [0.1, 0.15) is 0 Å². The van der Waals surface area contributed by atoms with Crippen LogP contribution in [0, 0.1) is 5.92 Å². The monoisotopic (exact) mass is 277 g/mol. The molecule has 1 aliphatic carbocycles. The van der Waals surface area contributed by atoms with Gasteiger partial charge in [0.15, 0.2) is 5.96 Å². The zero-order valence-corrected chi connectivity index (χ0v) is 12.7. The molecule has 2 N–H and O–H groups in total. The summed E-state index contributed by atoms with van der Waals surface area (Å²) in [5.74, 6) is 1.83. The summed E-state index contributed by atoms with van der Waals surface area (Å²) in [4.78, 5) is 8.35. The van der Waals surface area contributed by atoms with Crippen LogP contribution in [0.2, 0.25) is 0 Å². The molecule has 0 amide bonds. The number of nitrogens with one attached hydrogen (secondary N) is 2. The first-order chi connectivity index (χ1) is 9.78. The Morgan fingerprint density at radius 2 is 2.15 bits per heavy atom. The highest BCUT2D eigenvalue weighted by Crippen LogP contribution is 2.23. The van der Waals surface area contributed by atoms with Crippen molar-refractivity contribution in [2.24, 2.45) is 10.9 Å². The maximum atomic E-state index is 4.31. The van der Waals surface area contributed by atoms with Crippen LogP contribution in [-0.4, -0.2) is 35.1 Å². The van der Waals surface area contributed by atoms with Gasteiger partial charge in [0.05, 0.1) is 6.33 Å². The Labute approximate surface area is 121 Å². The van der Waals surface area contributed by atoms with Crippen molar-refractivity contribution in [3.8, 4) is 0 Å². The summed E-state index contributed by atoms with van der Waals surface area (Å²) in [7, 11) is 1.84. The van der Waals surface area contributed by atoms with Gasteiger partial charge in [0, 0.05) is 38.6 Å². The van der Waals surface area contributed by atoms with Crippen molar-refractivity contribution in [1.82, 2.24) is 20.2 Å². The van der Waals surface area contributed by atoms with Crippen molar-refractivity contribution in [1.29, 1.82) is 0 Å². The number of aryl methyl sites for hydroxylation is 1. The fourth-order valence-electron chi connectivity index (χ4n) is 2.68. The first-order valence-electron chi connectivity index (χ1n) is 7.71. The van der Waals surface area contributed by atoms with Crippen molar-refractivity contribution >= 4 is 5.96 Å². The first-order valence-corrected chi connectivity index (χ1v) is 7.71. The van der Waals surface area contributed by atoms with E-state index in [9.17, 15) is 0 Å². The number of hydrogen-bond donors (Lipinski definition) is 2. The van der Waals surface area contributed by atoms with Crippen LogP contribution in [0.3, 0.4) is 0 Å². The van der Waals surface area contributed by atoms with E-state index in [0.29, 0.717) is 6.04 Å².